The third kappa shape index (κ3) is 3.34. The third-order valence-corrected chi connectivity index (χ3v) is 4.95. The molecule has 0 saturated heterocycles. The molecule has 0 aliphatic rings. The number of nitrogens with zero attached hydrogens (tertiary/aromatic N) is 1. The molecule has 2 nitrogen and oxygen atoms in total. The minimum Gasteiger partial charge on any atom is -0.310 e. The summed E-state index contributed by atoms with van der Waals surface area (Å²) in [6, 6.07) is 11.1. The molecule has 0 saturated carbocycles. The zero-order chi connectivity index (χ0) is 14.7. The molecule has 0 spiro atoms. The van der Waals surface area contributed by atoms with E-state index in [-0.39, 0.29) is 0 Å². The number of thiophene rings is 1. The van der Waals surface area contributed by atoms with Crippen molar-refractivity contribution in [3.8, 4) is 0 Å². The van der Waals surface area contributed by atoms with Crippen LogP contribution in [0.25, 0.3) is 10.1 Å². The van der Waals surface area contributed by atoms with Gasteiger partial charge in [-0.05, 0) is 62.9 Å². The fourth-order valence-electron chi connectivity index (χ4n) is 2.61. The predicted octanol–water partition coefficient (Wildman–Crippen LogP) is 4.95. The van der Waals surface area contributed by atoms with Crippen LogP contribution < -0.4 is 5.32 Å². The number of halogens is 1. The van der Waals surface area contributed by atoms with E-state index in [0.717, 1.165) is 17.4 Å². The summed E-state index contributed by atoms with van der Waals surface area (Å²) in [4.78, 5) is 4.27. The highest BCUT2D eigenvalue weighted by Gasteiger charge is 2.15. The fraction of sp³-hybridized carbons (Fsp3) is 0.235. The van der Waals surface area contributed by atoms with E-state index >= 15 is 0 Å². The molecule has 3 aromatic rings. The SMILES string of the molecule is CCNC(Cc1cncc(Br)c1)c1csc2ccccc12. The number of benzene rings is 1. The quantitative estimate of drug-likeness (QED) is 0.695. The van der Waals surface area contributed by atoms with Gasteiger partial charge in [-0.2, -0.15) is 0 Å². The van der Waals surface area contributed by atoms with Crippen molar-refractivity contribution >= 4 is 37.4 Å². The van der Waals surface area contributed by atoms with Gasteiger partial charge in [0.15, 0.2) is 0 Å². The van der Waals surface area contributed by atoms with Gasteiger partial charge >= 0.3 is 0 Å². The van der Waals surface area contributed by atoms with E-state index in [4.69, 9.17) is 0 Å². The number of fused-ring (bicyclic) bond motifs is 1. The summed E-state index contributed by atoms with van der Waals surface area (Å²) in [7, 11) is 0. The lowest BCUT2D eigenvalue weighted by molar-refractivity contribution is 0.553. The Morgan fingerprint density at radius 2 is 2.14 bits per heavy atom. The smallest absolute Gasteiger partial charge is 0.0410 e. The van der Waals surface area contributed by atoms with Crippen molar-refractivity contribution in [2.75, 3.05) is 6.54 Å². The van der Waals surface area contributed by atoms with E-state index in [1.807, 2.05) is 23.7 Å². The molecule has 1 unspecified atom stereocenters. The van der Waals surface area contributed by atoms with Crippen molar-refractivity contribution in [2.45, 2.75) is 19.4 Å². The molecule has 21 heavy (non-hydrogen) atoms. The van der Waals surface area contributed by atoms with Crippen molar-refractivity contribution in [2.24, 2.45) is 0 Å². The van der Waals surface area contributed by atoms with Crippen molar-refractivity contribution in [3.05, 3.63) is 63.7 Å². The summed E-state index contributed by atoms with van der Waals surface area (Å²) in [5.74, 6) is 0. The third-order valence-electron chi connectivity index (χ3n) is 3.54. The highest BCUT2D eigenvalue weighted by molar-refractivity contribution is 9.10. The van der Waals surface area contributed by atoms with Crippen LogP contribution in [0.1, 0.15) is 24.1 Å². The number of aromatic nitrogens is 1. The first-order valence-corrected chi connectivity index (χ1v) is 8.74. The molecule has 108 valence electrons. The first-order valence-electron chi connectivity index (χ1n) is 7.07. The number of nitrogens with one attached hydrogen (secondary N) is 1. The molecule has 2 heterocycles. The summed E-state index contributed by atoms with van der Waals surface area (Å²) >= 11 is 5.32. The zero-order valence-electron chi connectivity index (χ0n) is 11.8. The average Bonchev–Trinajstić information content (AvgIpc) is 2.91. The molecule has 3 rings (SSSR count). The van der Waals surface area contributed by atoms with Gasteiger partial charge < -0.3 is 5.32 Å². The van der Waals surface area contributed by atoms with Gasteiger partial charge in [0.05, 0.1) is 0 Å². The van der Waals surface area contributed by atoms with Crippen LogP contribution >= 0.6 is 27.3 Å². The van der Waals surface area contributed by atoms with Crippen LogP contribution in [0.3, 0.4) is 0 Å². The summed E-state index contributed by atoms with van der Waals surface area (Å²) in [6.45, 7) is 3.11. The van der Waals surface area contributed by atoms with Crippen molar-refractivity contribution in [3.63, 3.8) is 0 Å². The van der Waals surface area contributed by atoms with E-state index in [1.165, 1.54) is 21.2 Å². The normalized spacial score (nSPS) is 12.7. The van der Waals surface area contributed by atoms with Gasteiger partial charge in [0, 0.05) is 27.6 Å². The van der Waals surface area contributed by atoms with E-state index in [9.17, 15) is 0 Å². The fourth-order valence-corrected chi connectivity index (χ4v) is 4.04. The average molecular weight is 361 g/mol. The van der Waals surface area contributed by atoms with Crippen molar-refractivity contribution in [1.29, 1.82) is 0 Å². The Hall–Kier alpha value is -1.23. The summed E-state index contributed by atoms with van der Waals surface area (Å²) in [5.41, 5.74) is 2.63. The topological polar surface area (TPSA) is 24.9 Å². The Morgan fingerprint density at radius 3 is 2.95 bits per heavy atom. The van der Waals surface area contributed by atoms with Gasteiger partial charge in [-0.3, -0.25) is 4.98 Å². The standard InChI is InChI=1S/C17H17BrN2S/c1-2-20-16(8-12-7-13(18)10-19-9-12)15-11-21-17-6-4-3-5-14(15)17/h3-7,9-11,16,20H,2,8H2,1H3. The number of likely N-dealkylation sites (N-methyl/N-ethyl adjacent to an activating group) is 1. The second kappa shape index (κ2) is 6.69. The molecule has 1 N–H and O–H groups in total. The molecule has 1 atom stereocenters. The molecule has 0 aliphatic carbocycles. The van der Waals surface area contributed by atoms with Crippen LogP contribution in [0.15, 0.2) is 52.6 Å². The van der Waals surface area contributed by atoms with Crippen LogP contribution in [0.2, 0.25) is 0 Å². The van der Waals surface area contributed by atoms with Crippen LogP contribution in [-0.4, -0.2) is 11.5 Å². The molecule has 0 amide bonds. The minimum absolute atomic E-state index is 0.322. The number of pyridine rings is 1. The minimum atomic E-state index is 0.322. The van der Waals surface area contributed by atoms with Crippen LogP contribution in [0.5, 0.6) is 0 Å². The second-order valence-corrected chi connectivity index (χ2v) is 6.84. The Bertz CT molecular complexity index is 738. The van der Waals surface area contributed by atoms with E-state index < -0.39 is 0 Å². The maximum absolute atomic E-state index is 4.27. The van der Waals surface area contributed by atoms with Crippen molar-refractivity contribution in [1.82, 2.24) is 10.3 Å². The highest BCUT2D eigenvalue weighted by Crippen LogP contribution is 2.32. The first-order chi connectivity index (χ1) is 10.3. The van der Waals surface area contributed by atoms with E-state index in [1.54, 1.807) is 0 Å². The van der Waals surface area contributed by atoms with Gasteiger partial charge in [-0.25, -0.2) is 0 Å². The molecule has 0 fully saturated rings. The van der Waals surface area contributed by atoms with Crippen LogP contribution in [0, 0.1) is 0 Å². The first kappa shape index (κ1) is 14.7. The maximum Gasteiger partial charge on any atom is 0.0410 e. The Morgan fingerprint density at radius 1 is 1.29 bits per heavy atom. The molecular formula is C17H17BrN2S. The monoisotopic (exact) mass is 360 g/mol. The number of hydrogen-bond donors (Lipinski definition) is 1. The lowest BCUT2D eigenvalue weighted by Gasteiger charge is -2.18. The Balaban J connectivity index is 1.94. The largest absolute Gasteiger partial charge is 0.310 e. The van der Waals surface area contributed by atoms with Gasteiger partial charge in [-0.15, -0.1) is 11.3 Å². The number of hydrogen-bond acceptors (Lipinski definition) is 3. The van der Waals surface area contributed by atoms with E-state index in [0.29, 0.717) is 6.04 Å². The van der Waals surface area contributed by atoms with Gasteiger partial charge in [0.25, 0.3) is 0 Å². The second-order valence-electron chi connectivity index (χ2n) is 5.01. The Kier molecular flexibility index (Phi) is 4.68. The van der Waals surface area contributed by atoms with E-state index in [2.05, 4.69) is 68.9 Å². The molecule has 1 aromatic carbocycles. The molecule has 0 radical (unpaired) electrons. The highest BCUT2D eigenvalue weighted by atomic mass is 79.9. The van der Waals surface area contributed by atoms with Gasteiger partial charge in [0.1, 0.15) is 0 Å². The van der Waals surface area contributed by atoms with Crippen molar-refractivity contribution < 1.29 is 0 Å². The maximum atomic E-state index is 4.27. The van der Waals surface area contributed by atoms with Crippen LogP contribution in [0.4, 0.5) is 0 Å². The van der Waals surface area contributed by atoms with Crippen LogP contribution in [-0.2, 0) is 6.42 Å². The molecule has 4 heteroatoms. The summed E-state index contributed by atoms with van der Waals surface area (Å²) in [6.07, 6.45) is 4.72. The van der Waals surface area contributed by atoms with Gasteiger partial charge in [0.2, 0.25) is 0 Å². The lowest BCUT2D eigenvalue weighted by atomic mass is 9.99. The predicted molar refractivity (Wildman–Crippen MR) is 93.9 cm³/mol. The van der Waals surface area contributed by atoms with Gasteiger partial charge in [-0.1, -0.05) is 25.1 Å². The zero-order valence-corrected chi connectivity index (χ0v) is 14.2. The molecule has 2 aromatic heterocycles. The Labute approximate surface area is 137 Å². The molecular weight excluding hydrogens is 344 g/mol. The molecule has 0 aliphatic heterocycles. The molecule has 0 bridgehead atoms. The number of rotatable bonds is 5. The lowest BCUT2D eigenvalue weighted by Crippen LogP contribution is -2.22. The summed E-state index contributed by atoms with van der Waals surface area (Å²) in [5, 5.41) is 7.25. The summed E-state index contributed by atoms with van der Waals surface area (Å²) < 4.78 is 2.38.